The van der Waals surface area contributed by atoms with Crippen LogP contribution in [-0.2, 0) is 4.74 Å². The van der Waals surface area contributed by atoms with E-state index >= 15 is 0 Å². The normalized spacial score (nSPS) is 10.5. The molecule has 0 unspecified atom stereocenters. The van der Waals surface area contributed by atoms with Gasteiger partial charge in [-0.05, 0) is 24.3 Å². The zero-order valence-electron chi connectivity index (χ0n) is 11.0. The highest BCUT2D eigenvalue weighted by Crippen LogP contribution is 2.23. The number of furan rings is 1. The molecule has 1 aromatic carbocycles. The first-order valence-electron chi connectivity index (χ1n) is 5.82. The molecular formula is C13H11N3O5. The minimum atomic E-state index is -0.687. The number of ether oxygens (including phenoxy) is 1. The van der Waals surface area contributed by atoms with Gasteiger partial charge in [0, 0.05) is 17.7 Å². The molecule has 0 bridgehead atoms. The van der Waals surface area contributed by atoms with Gasteiger partial charge in [0.2, 0.25) is 0 Å². The summed E-state index contributed by atoms with van der Waals surface area (Å²) >= 11 is 0. The van der Waals surface area contributed by atoms with Gasteiger partial charge in [0.25, 0.3) is 5.69 Å². The number of rotatable bonds is 4. The van der Waals surface area contributed by atoms with Crippen molar-refractivity contribution in [3.8, 4) is 11.3 Å². The second kappa shape index (κ2) is 6.33. The Hall–Kier alpha value is -3.16. The van der Waals surface area contributed by atoms with Crippen LogP contribution in [0.25, 0.3) is 11.3 Å². The van der Waals surface area contributed by atoms with Gasteiger partial charge < -0.3 is 9.15 Å². The number of carbonyl (C=O) groups is 1. The molecular weight excluding hydrogens is 278 g/mol. The summed E-state index contributed by atoms with van der Waals surface area (Å²) in [6.45, 7) is 0. The SMILES string of the molecule is COC(=O)N/N=C\c1ccc(-c2ccc([N+](=O)[O-])cc2)o1. The number of amides is 1. The summed E-state index contributed by atoms with van der Waals surface area (Å²) in [5.41, 5.74) is 2.83. The average Bonchev–Trinajstić information content (AvgIpc) is 2.96. The Kier molecular flexibility index (Phi) is 4.30. The van der Waals surface area contributed by atoms with Crippen molar-refractivity contribution < 1.29 is 18.9 Å². The number of benzene rings is 1. The summed E-state index contributed by atoms with van der Waals surface area (Å²) in [5, 5.41) is 14.2. The topological polar surface area (TPSA) is 107 Å². The van der Waals surface area contributed by atoms with E-state index in [1.54, 1.807) is 24.3 Å². The van der Waals surface area contributed by atoms with Crippen LogP contribution in [0.15, 0.2) is 45.9 Å². The molecule has 2 rings (SSSR count). The van der Waals surface area contributed by atoms with E-state index < -0.39 is 11.0 Å². The molecule has 21 heavy (non-hydrogen) atoms. The Labute approximate surface area is 119 Å². The van der Waals surface area contributed by atoms with Crippen molar-refractivity contribution >= 4 is 18.0 Å². The third-order valence-corrected chi connectivity index (χ3v) is 2.52. The fourth-order valence-corrected chi connectivity index (χ4v) is 1.52. The van der Waals surface area contributed by atoms with Crippen LogP contribution in [0.2, 0.25) is 0 Å². The lowest BCUT2D eigenvalue weighted by molar-refractivity contribution is -0.384. The maximum Gasteiger partial charge on any atom is 0.427 e. The second-order valence-corrected chi connectivity index (χ2v) is 3.87. The largest absolute Gasteiger partial charge is 0.455 e. The molecule has 0 saturated carbocycles. The maximum atomic E-state index is 10.8. The summed E-state index contributed by atoms with van der Waals surface area (Å²) in [5.74, 6) is 0.948. The van der Waals surface area contributed by atoms with Gasteiger partial charge in [-0.3, -0.25) is 10.1 Å². The molecule has 8 heteroatoms. The number of nitrogens with zero attached hydrogens (tertiary/aromatic N) is 2. The van der Waals surface area contributed by atoms with Crippen LogP contribution in [0, 0.1) is 10.1 Å². The van der Waals surface area contributed by atoms with Crippen LogP contribution < -0.4 is 5.43 Å². The zero-order chi connectivity index (χ0) is 15.2. The number of hydrazone groups is 1. The summed E-state index contributed by atoms with van der Waals surface area (Å²) in [6.07, 6.45) is 0.625. The van der Waals surface area contributed by atoms with Crippen molar-refractivity contribution in [2.75, 3.05) is 7.11 Å². The van der Waals surface area contributed by atoms with Crippen molar-refractivity contribution in [3.63, 3.8) is 0 Å². The van der Waals surface area contributed by atoms with Crippen LogP contribution in [-0.4, -0.2) is 24.3 Å². The van der Waals surface area contributed by atoms with Gasteiger partial charge >= 0.3 is 6.09 Å². The van der Waals surface area contributed by atoms with E-state index in [4.69, 9.17) is 4.42 Å². The molecule has 1 N–H and O–H groups in total. The summed E-state index contributed by atoms with van der Waals surface area (Å²) in [7, 11) is 1.23. The number of carbonyl (C=O) groups excluding carboxylic acids is 1. The number of hydrogen-bond donors (Lipinski definition) is 1. The average molecular weight is 289 g/mol. The Morgan fingerprint density at radius 2 is 2.05 bits per heavy atom. The van der Waals surface area contributed by atoms with Crippen molar-refractivity contribution in [1.29, 1.82) is 0 Å². The van der Waals surface area contributed by atoms with Crippen LogP contribution in [0.4, 0.5) is 10.5 Å². The molecule has 0 aliphatic heterocycles. The first-order chi connectivity index (χ1) is 10.1. The molecule has 1 aromatic heterocycles. The standard InChI is InChI=1S/C13H11N3O5/c1-20-13(17)15-14-8-11-6-7-12(21-11)9-2-4-10(5-3-9)16(18)19/h2-8H,1H3,(H,15,17)/b14-8-. The lowest BCUT2D eigenvalue weighted by atomic mass is 10.1. The number of non-ortho nitro benzene ring substituents is 1. The molecule has 0 aliphatic rings. The molecule has 0 atom stereocenters. The van der Waals surface area contributed by atoms with Gasteiger partial charge in [-0.15, -0.1) is 0 Å². The molecule has 2 aromatic rings. The monoisotopic (exact) mass is 289 g/mol. The summed E-state index contributed by atoms with van der Waals surface area (Å²) in [4.78, 5) is 20.9. The van der Waals surface area contributed by atoms with Gasteiger partial charge in [-0.2, -0.15) is 5.10 Å². The van der Waals surface area contributed by atoms with E-state index in [1.165, 1.54) is 25.5 Å². The van der Waals surface area contributed by atoms with Crippen LogP contribution in [0.1, 0.15) is 5.76 Å². The minimum Gasteiger partial charge on any atom is -0.455 e. The van der Waals surface area contributed by atoms with E-state index in [0.717, 1.165) is 0 Å². The fourth-order valence-electron chi connectivity index (χ4n) is 1.52. The number of methoxy groups -OCH3 is 1. The lowest BCUT2D eigenvalue weighted by Crippen LogP contribution is -2.16. The van der Waals surface area contributed by atoms with E-state index in [2.05, 4.69) is 15.3 Å². The molecule has 0 radical (unpaired) electrons. The van der Waals surface area contributed by atoms with Crippen molar-refractivity contribution in [1.82, 2.24) is 5.43 Å². The second-order valence-electron chi connectivity index (χ2n) is 3.87. The quantitative estimate of drug-likeness (QED) is 0.528. The zero-order valence-corrected chi connectivity index (χ0v) is 11.0. The van der Waals surface area contributed by atoms with Gasteiger partial charge in [-0.25, -0.2) is 10.2 Å². The Bertz CT molecular complexity index is 675. The number of hydrogen-bond acceptors (Lipinski definition) is 6. The smallest absolute Gasteiger partial charge is 0.427 e. The van der Waals surface area contributed by atoms with Crippen molar-refractivity contribution in [2.24, 2.45) is 5.10 Å². The summed E-state index contributed by atoms with van der Waals surface area (Å²) < 4.78 is 9.82. The highest BCUT2D eigenvalue weighted by Gasteiger charge is 2.07. The maximum absolute atomic E-state index is 10.8. The predicted molar refractivity (Wildman–Crippen MR) is 73.9 cm³/mol. The molecule has 0 aliphatic carbocycles. The van der Waals surface area contributed by atoms with Gasteiger partial charge in [0.15, 0.2) is 0 Å². The van der Waals surface area contributed by atoms with Gasteiger partial charge in [0.05, 0.1) is 18.2 Å². The molecule has 1 amide bonds. The van der Waals surface area contributed by atoms with Crippen molar-refractivity contribution in [3.05, 3.63) is 52.3 Å². The molecule has 1 heterocycles. The molecule has 8 nitrogen and oxygen atoms in total. The predicted octanol–water partition coefficient (Wildman–Crippen LogP) is 2.54. The van der Waals surface area contributed by atoms with E-state index in [0.29, 0.717) is 17.1 Å². The number of nitro groups is 1. The molecule has 108 valence electrons. The molecule has 0 fully saturated rings. The van der Waals surface area contributed by atoms with E-state index in [-0.39, 0.29) is 5.69 Å². The number of nitro benzene ring substituents is 1. The van der Waals surface area contributed by atoms with Crippen molar-refractivity contribution in [2.45, 2.75) is 0 Å². The Morgan fingerprint density at radius 3 is 2.67 bits per heavy atom. The van der Waals surface area contributed by atoms with Crippen LogP contribution in [0.5, 0.6) is 0 Å². The van der Waals surface area contributed by atoms with Crippen LogP contribution in [0.3, 0.4) is 0 Å². The Balaban J connectivity index is 2.09. The Morgan fingerprint density at radius 1 is 1.33 bits per heavy atom. The minimum absolute atomic E-state index is 0.00868. The van der Waals surface area contributed by atoms with Crippen LogP contribution >= 0.6 is 0 Å². The summed E-state index contributed by atoms with van der Waals surface area (Å²) in [6, 6.07) is 9.31. The third kappa shape index (κ3) is 3.66. The molecule has 0 saturated heterocycles. The molecule has 0 spiro atoms. The van der Waals surface area contributed by atoms with E-state index in [9.17, 15) is 14.9 Å². The highest BCUT2D eigenvalue weighted by molar-refractivity contribution is 5.79. The first kappa shape index (κ1) is 14.3. The van der Waals surface area contributed by atoms with Gasteiger partial charge in [-0.1, -0.05) is 0 Å². The third-order valence-electron chi connectivity index (χ3n) is 2.52. The van der Waals surface area contributed by atoms with E-state index in [1.807, 2.05) is 0 Å². The fraction of sp³-hybridized carbons (Fsp3) is 0.0769. The highest BCUT2D eigenvalue weighted by atomic mass is 16.6. The number of nitrogens with one attached hydrogen (secondary N) is 1. The van der Waals surface area contributed by atoms with Gasteiger partial charge in [0.1, 0.15) is 11.5 Å². The first-order valence-corrected chi connectivity index (χ1v) is 5.82. The lowest BCUT2D eigenvalue weighted by Gasteiger charge is -1.96.